The molecule has 0 saturated heterocycles. The quantitative estimate of drug-likeness (QED) is 0.729. The van der Waals surface area contributed by atoms with E-state index in [1.54, 1.807) is 12.1 Å². The molecule has 3 amide bonds. The Balaban J connectivity index is 1.60. The third-order valence-electron chi connectivity index (χ3n) is 5.78. The first-order valence-corrected chi connectivity index (χ1v) is 9.99. The Kier molecular flexibility index (Phi) is 5.11. The molecule has 2 aliphatic heterocycles. The molecule has 7 heteroatoms. The second-order valence-corrected chi connectivity index (χ2v) is 7.62. The van der Waals surface area contributed by atoms with Gasteiger partial charge in [-0.15, -0.1) is 0 Å². The Hall–Kier alpha value is -3.48. The van der Waals surface area contributed by atoms with Crippen LogP contribution in [0.15, 0.2) is 48.5 Å². The minimum atomic E-state index is -0.911. The van der Waals surface area contributed by atoms with E-state index < -0.39 is 23.8 Å². The van der Waals surface area contributed by atoms with Crippen LogP contribution in [0.1, 0.15) is 52.1 Å². The number of nitrogens with zero attached hydrogens (tertiary/aromatic N) is 2. The summed E-state index contributed by atoms with van der Waals surface area (Å²) in [6, 6.07) is 13.0. The molecule has 4 rings (SSSR count). The van der Waals surface area contributed by atoms with Crippen LogP contribution in [-0.4, -0.2) is 39.7 Å². The molecule has 0 bridgehead atoms. The number of amides is 3. The van der Waals surface area contributed by atoms with Crippen molar-refractivity contribution in [1.82, 2.24) is 9.96 Å². The molecule has 0 N–H and O–H groups in total. The topological polar surface area (TPSA) is 84.0 Å². The number of carbonyl (C=O) groups is 4. The van der Waals surface area contributed by atoms with Crippen molar-refractivity contribution >= 4 is 23.7 Å². The van der Waals surface area contributed by atoms with Gasteiger partial charge in [0.2, 0.25) is 5.91 Å². The molecule has 0 saturated carbocycles. The van der Waals surface area contributed by atoms with Gasteiger partial charge in [-0.25, -0.2) is 4.79 Å². The van der Waals surface area contributed by atoms with Gasteiger partial charge in [0.1, 0.15) is 6.04 Å². The van der Waals surface area contributed by atoms with Crippen LogP contribution in [0.25, 0.3) is 0 Å². The maximum Gasteiger partial charge on any atom is 0.355 e. The van der Waals surface area contributed by atoms with Crippen molar-refractivity contribution in [3.63, 3.8) is 0 Å². The third-order valence-corrected chi connectivity index (χ3v) is 5.78. The van der Waals surface area contributed by atoms with E-state index in [2.05, 4.69) is 0 Å². The van der Waals surface area contributed by atoms with Crippen molar-refractivity contribution in [3.8, 4) is 0 Å². The number of benzene rings is 2. The van der Waals surface area contributed by atoms with Crippen LogP contribution < -0.4 is 0 Å². The van der Waals surface area contributed by atoms with Gasteiger partial charge >= 0.3 is 5.97 Å². The average Bonchev–Trinajstić information content (AvgIpc) is 3.02. The van der Waals surface area contributed by atoms with Gasteiger partial charge in [-0.1, -0.05) is 55.3 Å². The van der Waals surface area contributed by atoms with Crippen molar-refractivity contribution in [2.75, 3.05) is 0 Å². The number of carbonyl (C=O) groups excluding carboxylic acids is 4. The van der Waals surface area contributed by atoms with Crippen LogP contribution in [0.4, 0.5) is 0 Å². The molecule has 2 aliphatic rings. The lowest BCUT2D eigenvalue weighted by Crippen LogP contribution is -2.52. The van der Waals surface area contributed by atoms with E-state index in [0.29, 0.717) is 11.5 Å². The third kappa shape index (κ3) is 3.26. The minimum Gasteiger partial charge on any atom is -0.327 e. The lowest BCUT2D eigenvalue weighted by molar-refractivity contribution is -0.178. The van der Waals surface area contributed by atoms with Crippen molar-refractivity contribution < 1.29 is 24.0 Å². The molecule has 0 radical (unpaired) electrons. The highest BCUT2D eigenvalue weighted by Gasteiger charge is 2.43. The van der Waals surface area contributed by atoms with Crippen LogP contribution >= 0.6 is 0 Å². The number of imide groups is 1. The van der Waals surface area contributed by atoms with E-state index in [-0.39, 0.29) is 35.9 Å². The second kappa shape index (κ2) is 7.74. The van der Waals surface area contributed by atoms with Gasteiger partial charge in [-0.05, 0) is 29.7 Å². The van der Waals surface area contributed by atoms with E-state index in [0.717, 1.165) is 11.1 Å². The van der Waals surface area contributed by atoms with Gasteiger partial charge in [-0.3, -0.25) is 14.4 Å². The zero-order valence-corrected chi connectivity index (χ0v) is 16.8. The van der Waals surface area contributed by atoms with Crippen LogP contribution in [0, 0.1) is 5.92 Å². The first kappa shape index (κ1) is 19.8. The Labute approximate surface area is 174 Å². The van der Waals surface area contributed by atoms with Crippen molar-refractivity contribution in [2.24, 2.45) is 5.92 Å². The van der Waals surface area contributed by atoms with Crippen molar-refractivity contribution in [2.45, 2.75) is 39.3 Å². The molecule has 2 aromatic carbocycles. The van der Waals surface area contributed by atoms with E-state index >= 15 is 0 Å². The molecular formula is C23H22N2O5. The standard InChI is InChI=1S/C23H22N2O5/c1-3-14(2)20(26)24-13-16-9-5-4-8-15(16)12-19(24)23(29)30-25-21(27)17-10-6-7-11-18(17)22(25)28/h4-11,14,19H,3,12-13H2,1-2H3. The zero-order chi connectivity index (χ0) is 21.4. The molecule has 0 fully saturated rings. The minimum absolute atomic E-state index is 0.156. The molecular weight excluding hydrogens is 384 g/mol. The summed E-state index contributed by atoms with van der Waals surface area (Å²) in [5.41, 5.74) is 2.29. The van der Waals surface area contributed by atoms with Gasteiger partial charge in [0.25, 0.3) is 11.8 Å². The Bertz CT molecular complexity index is 1010. The van der Waals surface area contributed by atoms with Crippen molar-refractivity contribution in [1.29, 1.82) is 0 Å². The van der Waals surface area contributed by atoms with Gasteiger partial charge in [0.15, 0.2) is 0 Å². The van der Waals surface area contributed by atoms with E-state index in [1.807, 2.05) is 38.1 Å². The smallest absolute Gasteiger partial charge is 0.327 e. The highest BCUT2D eigenvalue weighted by molar-refractivity contribution is 6.21. The van der Waals surface area contributed by atoms with Gasteiger partial charge < -0.3 is 9.74 Å². The second-order valence-electron chi connectivity index (χ2n) is 7.62. The summed E-state index contributed by atoms with van der Waals surface area (Å²) < 4.78 is 0. The molecule has 30 heavy (non-hydrogen) atoms. The molecule has 2 aromatic rings. The fourth-order valence-electron chi connectivity index (χ4n) is 3.82. The van der Waals surface area contributed by atoms with Gasteiger partial charge in [-0.2, -0.15) is 0 Å². The van der Waals surface area contributed by atoms with Crippen LogP contribution in [0.2, 0.25) is 0 Å². The zero-order valence-electron chi connectivity index (χ0n) is 16.8. The van der Waals surface area contributed by atoms with Gasteiger partial charge in [0, 0.05) is 18.9 Å². The summed E-state index contributed by atoms with van der Waals surface area (Å²) in [5, 5.41) is 0.499. The van der Waals surface area contributed by atoms with Crippen LogP contribution in [0.5, 0.6) is 0 Å². The summed E-state index contributed by atoms with van der Waals surface area (Å²) in [6.07, 6.45) is 0.900. The fourth-order valence-corrected chi connectivity index (χ4v) is 3.82. The summed E-state index contributed by atoms with van der Waals surface area (Å²) in [7, 11) is 0. The van der Waals surface area contributed by atoms with E-state index in [1.165, 1.54) is 17.0 Å². The Morgan fingerprint density at radius 1 is 1.00 bits per heavy atom. The largest absolute Gasteiger partial charge is 0.355 e. The fraction of sp³-hybridized carbons (Fsp3) is 0.304. The normalized spacial score (nSPS) is 18.7. The number of hydroxylamine groups is 2. The Morgan fingerprint density at radius 3 is 2.17 bits per heavy atom. The highest BCUT2D eigenvalue weighted by Crippen LogP contribution is 2.28. The molecule has 2 unspecified atom stereocenters. The molecule has 0 spiro atoms. The number of rotatable bonds is 4. The highest BCUT2D eigenvalue weighted by atomic mass is 16.7. The predicted molar refractivity (Wildman–Crippen MR) is 107 cm³/mol. The van der Waals surface area contributed by atoms with E-state index in [9.17, 15) is 19.2 Å². The summed E-state index contributed by atoms with van der Waals surface area (Å²) in [5.74, 6) is -2.57. The lowest BCUT2D eigenvalue weighted by Gasteiger charge is -2.37. The molecule has 2 atom stereocenters. The molecule has 7 nitrogen and oxygen atoms in total. The van der Waals surface area contributed by atoms with Crippen LogP contribution in [-0.2, 0) is 27.4 Å². The summed E-state index contributed by atoms with van der Waals surface area (Å²) in [4.78, 5) is 57.9. The monoisotopic (exact) mass is 406 g/mol. The molecule has 2 heterocycles. The first-order chi connectivity index (χ1) is 14.4. The molecule has 0 aliphatic carbocycles. The average molecular weight is 406 g/mol. The van der Waals surface area contributed by atoms with Crippen LogP contribution in [0.3, 0.4) is 0 Å². The Morgan fingerprint density at radius 2 is 1.57 bits per heavy atom. The molecule has 154 valence electrons. The lowest BCUT2D eigenvalue weighted by atomic mass is 9.92. The summed E-state index contributed by atoms with van der Waals surface area (Å²) in [6.45, 7) is 4.00. The number of fused-ring (bicyclic) bond motifs is 2. The maximum atomic E-state index is 13.1. The SMILES string of the molecule is CCC(C)C(=O)N1Cc2ccccc2CC1C(=O)ON1C(=O)c2ccccc2C1=O. The van der Waals surface area contributed by atoms with Crippen molar-refractivity contribution in [3.05, 3.63) is 70.8 Å². The van der Waals surface area contributed by atoms with E-state index in [4.69, 9.17) is 4.84 Å². The van der Waals surface area contributed by atoms with Gasteiger partial charge in [0.05, 0.1) is 11.1 Å². The maximum absolute atomic E-state index is 13.1. The number of hydrogen-bond donors (Lipinski definition) is 0. The predicted octanol–water partition coefficient (Wildman–Crippen LogP) is 2.74. The first-order valence-electron chi connectivity index (χ1n) is 9.99. The molecule has 0 aromatic heterocycles. The summed E-state index contributed by atoms with van der Waals surface area (Å²) >= 11 is 0. The number of hydrogen-bond acceptors (Lipinski definition) is 5.